The van der Waals surface area contributed by atoms with Gasteiger partial charge in [-0.3, -0.25) is 20.4 Å². The van der Waals surface area contributed by atoms with E-state index in [0.717, 1.165) is 5.52 Å². The van der Waals surface area contributed by atoms with Crippen LogP contribution in [-0.2, 0) is 21.4 Å². The molecule has 12 heteroatoms. The lowest BCUT2D eigenvalue weighted by Gasteiger charge is -2.18. The molecule has 0 aliphatic carbocycles. The Morgan fingerprint density at radius 1 is 1.16 bits per heavy atom. The highest BCUT2D eigenvalue weighted by atomic mass is 32.2. The zero-order valence-electron chi connectivity index (χ0n) is 18.0. The van der Waals surface area contributed by atoms with Crippen LogP contribution in [-0.4, -0.2) is 52.9 Å². The van der Waals surface area contributed by atoms with Gasteiger partial charge in [0.15, 0.2) is 10.9 Å². The van der Waals surface area contributed by atoms with Crippen molar-refractivity contribution in [2.45, 2.75) is 37.4 Å². The molecule has 10 nitrogen and oxygen atoms in total. The van der Waals surface area contributed by atoms with E-state index in [0.29, 0.717) is 30.3 Å². The number of carbonyl (C=O) groups is 2. The predicted octanol–water partition coefficient (Wildman–Crippen LogP) is 2.23. The Balaban J connectivity index is 1.72. The minimum absolute atomic E-state index is 0.00631. The van der Waals surface area contributed by atoms with Gasteiger partial charge in [-0.2, -0.15) is 4.31 Å². The van der Waals surface area contributed by atoms with Crippen molar-refractivity contribution in [3.8, 4) is 0 Å². The molecular formula is C20H25N5O5S2. The molecule has 3 aromatic rings. The molecule has 2 N–H and O–H groups in total. The van der Waals surface area contributed by atoms with Crippen LogP contribution in [0.15, 0.2) is 51.1 Å². The van der Waals surface area contributed by atoms with E-state index in [2.05, 4.69) is 15.8 Å². The van der Waals surface area contributed by atoms with Crippen molar-refractivity contribution >= 4 is 44.6 Å². The zero-order valence-corrected chi connectivity index (χ0v) is 19.6. The van der Waals surface area contributed by atoms with Crippen LogP contribution in [0.1, 0.15) is 31.3 Å². The summed E-state index contributed by atoms with van der Waals surface area (Å²) in [5, 5.41) is 0.576. The number of hydrogen-bond acceptors (Lipinski definition) is 7. The van der Waals surface area contributed by atoms with Crippen molar-refractivity contribution in [1.29, 1.82) is 0 Å². The number of rotatable bonds is 9. The minimum atomic E-state index is -3.60. The maximum Gasteiger partial charge on any atom is 0.305 e. The van der Waals surface area contributed by atoms with Crippen LogP contribution < -0.4 is 10.9 Å². The summed E-state index contributed by atoms with van der Waals surface area (Å²) in [6.07, 6.45) is 1.36. The highest BCUT2D eigenvalue weighted by molar-refractivity contribution is 7.99. The van der Waals surface area contributed by atoms with Crippen molar-refractivity contribution < 1.29 is 22.4 Å². The number of benzene rings is 1. The summed E-state index contributed by atoms with van der Waals surface area (Å²) in [5.41, 5.74) is 5.92. The third-order valence-electron chi connectivity index (χ3n) is 4.74. The van der Waals surface area contributed by atoms with Gasteiger partial charge in [-0.15, -0.1) is 0 Å². The molecule has 0 fully saturated rings. The van der Waals surface area contributed by atoms with Gasteiger partial charge in [-0.1, -0.05) is 25.6 Å². The van der Waals surface area contributed by atoms with Crippen LogP contribution >= 0.6 is 11.8 Å². The molecule has 1 aromatic carbocycles. The Morgan fingerprint density at radius 2 is 1.91 bits per heavy atom. The molecule has 2 amide bonds. The van der Waals surface area contributed by atoms with E-state index in [4.69, 9.17) is 4.42 Å². The van der Waals surface area contributed by atoms with Crippen LogP contribution in [0.3, 0.4) is 0 Å². The Hall–Kier alpha value is -2.83. The summed E-state index contributed by atoms with van der Waals surface area (Å²) >= 11 is 1.19. The van der Waals surface area contributed by atoms with Crippen molar-refractivity contribution in [2.24, 2.45) is 0 Å². The second kappa shape index (κ2) is 10.2. The second-order valence-electron chi connectivity index (χ2n) is 6.65. The first-order chi connectivity index (χ1) is 15.3. The summed E-state index contributed by atoms with van der Waals surface area (Å²) in [7, 11) is -3.60. The molecule has 2 aromatic heterocycles. The van der Waals surface area contributed by atoms with Crippen LogP contribution in [0.4, 0.5) is 0 Å². The Kier molecular flexibility index (Phi) is 7.59. The number of aryl methyl sites for hydroxylation is 1. The monoisotopic (exact) mass is 479 g/mol. The second-order valence-corrected chi connectivity index (χ2v) is 9.53. The van der Waals surface area contributed by atoms with Crippen molar-refractivity contribution in [3.05, 3.63) is 42.4 Å². The first-order valence-corrected chi connectivity index (χ1v) is 12.5. The number of amides is 2. The van der Waals surface area contributed by atoms with E-state index in [9.17, 15) is 18.0 Å². The number of hydrogen-bond donors (Lipinski definition) is 2. The third kappa shape index (κ3) is 4.97. The first-order valence-electron chi connectivity index (χ1n) is 10.1. The number of carbonyl (C=O) groups excluding carboxylic acids is 2. The average molecular weight is 480 g/mol. The van der Waals surface area contributed by atoms with Gasteiger partial charge >= 0.3 is 5.91 Å². The lowest BCUT2D eigenvalue weighted by Crippen LogP contribution is -2.42. The molecule has 172 valence electrons. The minimum Gasteiger partial charge on any atom is -0.459 e. The smallest absolute Gasteiger partial charge is 0.305 e. The number of fused-ring (bicyclic) bond motifs is 1. The van der Waals surface area contributed by atoms with Crippen LogP contribution in [0, 0.1) is 0 Å². The molecule has 0 saturated carbocycles. The van der Waals surface area contributed by atoms with Crippen LogP contribution in [0.5, 0.6) is 0 Å². The molecule has 0 aliphatic heterocycles. The van der Waals surface area contributed by atoms with Crippen molar-refractivity contribution in [3.63, 3.8) is 0 Å². The number of furan rings is 1. The quantitative estimate of drug-likeness (QED) is 0.356. The number of hydrazine groups is 1. The highest BCUT2D eigenvalue weighted by Gasteiger charge is 2.23. The van der Waals surface area contributed by atoms with Crippen LogP contribution in [0.2, 0.25) is 0 Å². The first kappa shape index (κ1) is 23.8. The van der Waals surface area contributed by atoms with Crippen molar-refractivity contribution in [2.75, 3.05) is 18.8 Å². The number of thioether (sulfide) groups is 1. The average Bonchev–Trinajstić information content (AvgIpc) is 3.43. The molecular weight excluding hydrogens is 454 g/mol. The van der Waals surface area contributed by atoms with Gasteiger partial charge < -0.3 is 8.98 Å². The SMILES string of the molecule is CCN(CC)S(=O)(=O)c1ccc2c(c1)nc(SCC(=O)NNC(=O)c1ccco1)n2CC. The standard InChI is InChI=1S/C20H25N5O5S2/c1-4-24(5-2)32(28,29)14-9-10-16-15(12-14)21-20(25(16)6-3)31-13-18(26)22-23-19(27)17-8-7-11-30-17/h7-12H,4-6,13H2,1-3H3,(H,22,26)(H,23,27). The molecule has 0 aliphatic rings. The largest absolute Gasteiger partial charge is 0.459 e. The Bertz CT molecular complexity index is 1200. The lowest BCUT2D eigenvalue weighted by molar-refractivity contribution is -0.119. The molecule has 2 heterocycles. The number of aromatic nitrogens is 2. The van der Waals surface area contributed by atoms with E-state index < -0.39 is 21.8 Å². The van der Waals surface area contributed by atoms with E-state index in [-0.39, 0.29) is 16.4 Å². The fourth-order valence-corrected chi connectivity index (χ4v) is 5.50. The fourth-order valence-electron chi connectivity index (χ4n) is 3.14. The van der Waals surface area contributed by atoms with Gasteiger partial charge in [0.1, 0.15) is 0 Å². The maximum atomic E-state index is 12.8. The third-order valence-corrected chi connectivity index (χ3v) is 7.76. The number of nitrogens with zero attached hydrogens (tertiary/aromatic N) is 3. The lowest BCUT2D eigenvalue weighted by atomic mass is 10.3. The number of nitrogens with one attached hydrogen (secondary N) is 2. The maximum absolute atomic E-state index is 12.8. The topological polar surface area (TPSA) is 127 Å². The summed E-state index contributed by atoms with van der Waals surface area (Å²) in [5.74, 6) is -0.890. The van der Waals surface area contributed by atoms with Crippen molar-refractivity contribution in [1.82, 2.24) is 24.7 Å². The van der Waals surface area contributed by atoms with Gasteiger partial charge in [0.05, 0.1) is 27.9 Å². The van der Waals surface area contributed by atoms with E-state index in [1.165, 1.54) is 28.4 Å². The Labute approximate surface area is 190 Å². The Morgan fingerprint density at radius 3 is 2.53 bits per heavy atom. The van der Waals surface area contributed by atoms with Gasteiger partial charge in [0.2, 0.25) is 15.9 Å². The van der Waals surface area contributed by atoms with E-state index in [1.807, 2.05) is 11.5 Å². The molecule has 0 radical (unpaired) electrons. The summed E-state index contributed by atoms with van der Waals surface area (Å²) in [4.78, 5) is 28.7. The molecule has 0 bridgehead atoms. The van der Waals surface area contributed by atoms with E-state index in [1.54, 1.807) is 38.1 Å². The normalized spacial score (nSPS) is 11.8. The van der Waals surface area contributed by atoms with Gasteiger partial charge in [-0.05, 0) is 37.3 Å². The van der Waals surface area contributed by atoms with Gasteiger partial charge in [0, 0.05) is 19.6 Å². The zero-order chi connectivity index (χ0) is 23.3. The summed E-state index contributed by atoms with van der Waals surface area (Å²) in [6.45, 7) is 6.89. The van der Waals surface area contributed by atoms with Gasteiger partial charge in [0.25, 0.3) is 0 Å². The molecule has 0 spiro atoms. The molecule has 32 heavy (non-hydrogen) atoms. The number of imidazole rings is 1. The highest BCUT2D eigenvalue weighted by Crippen LogP contribution is 2.27. The molecule has 0 atom stereocenters. The molecule has 0 unspecified atom stereocenters. The summed E-state index contributed by atoms with van der Waals surface area (Å²) < 4.78 is 33.9. The summed E-state index contributed by atoms with van der Waals surface area (Å²) in [6, 6.07) is 7.92. The fraction of sp³-hybridized carbons (Fsp3) is 0.350. The predicted molar refractivity (Wildman–Crippen MR) is 121 cm³/mol. The van der Waals surface area contributed by atoms with Gasteiger partial charge in [-0.25, -0.2) is 13.4 Å². The number of sulfonamides is 1. The molecule has 0 saturated heterocycles. The van der Waals surface area contributed by atoms with Crippen LogP contribution in [0.25, 0.3) is 11.0 Å². The van der Waals surface area contributed by atoms with E-state index >= 15 is 0 Å². The molecule has 3 rings (SSSR count).